The van der Waals surface area contributed by atoms with E-state index in [2.05, 4.69) is 72.9 Å². The normalized spacial score (nSPS) is 24.9. The fraction of sp³-hybridized carbons (Fsp3) is 0.625. The first kappa shape index (κ1) is 14.2. The van der Waals surface area contributed by atoms with E-state index in [1.54, 1.807) is 0 Å². The van der Waals surface area contributed by atoms with Crippen molar-refractivity contribution in [3.8, 4) is 0 Å². The molecule has 0 spiro atoms. The Morgan fingerprint density at radius 3 is 2.28 bits per heavy atom. The molecule has 0 bridgehead atoms. The van der Waals surface area contributed by atoms with E-state index in [-0.39, 0.29) is 0 Å². The fourth-order valence-electron chi connectivity index (χ4n) is 3.10. The Balaban J connectivity index is 2.08. The lowest BCUT2D eigenvalue weighted by atomic mass is 9.69. The number of halogens is 1. The molecule has 1 aromatic carbocycles. The smallest absolute Gasteiger partial charge is 0.0343 e. The third kappa shape index (κ3) is 3.62. The summed E-state index contributed by atoms with van der Waals surface area (Å²) in [6.07, 6.45) is 5.45. The van der Waals surface area contributed by atoms with Crippen molar-refractivity contribution in [2.24, 2.45) is 11.3 Å². The molecule has 0 amide bonds. The molecule has 0 aliphatic heterocycles. The van der Waals surface area contributed by atoms with Gasteiger partial charge in [-0.15, -0.1) is 0 Å². The van der Waals surface area contributed by atoms with Gasteiger partial charge >= 0.3 is 0 Å². The summed E-state index contributed by atoms with van der Waals surface area (Å²) in [6, 6.07) is 9.40. The van der Waals surface area contributed by atoms with Crippen molar-refractivity contribution in [1.82, 2.24) is 0 Å². The van der Waals surface area contributed by atoms with Gasteiger partial charge in [0.2, 0.25) is 0 Å². The van der Waals surface area contributed by atoms with Gasteiger partial charge in [-0.25, -0.2) is 0 Å². The van der Waals surface area contributed by atoms with Crippen LogP contribution in [0, 0.1) is 14.9 Å². The van der Waals surface area contributed by atoms with Gasteiger partial charge in [0.25, 0.3) is 0 Å². The third-order valence-corrected chi connectivity index (χ3v) is 4.79. The Hall–Kier alpha value is -0.250. The maximum atomic E-state index is 3.76. The molecule has 1 aromatic rings. The summed E-state index contributed by atoms with van der Waals surface area (Å²) in [7, 11) is 0. The lowest BCUT2D eigenvalue weighted by Gasteiger charge is -2.41. The van der Waals surface area contributed by atoms with Crippen LogP contribution in [0.1, 0.15) is 46.5 Å². The van der Waals surface area contributed by atoms with Crippen molar-refractivity contribution in [1.29, 1.82) is 0 Å². The molecule has 0 radical (unpaired) electrons. The molecule has 1 aliphatic rings. The quantitative estimate of drug-likeness (QED) is 0.708. The SMILES string of the molecule is CC(C)(C)C1CCCCC1Nc1ccc(I)cc1. The summed E-state index contributed by atoms with van der Waals surface area (Å²) >= 11 is 2.36. The van der Waals surface area contributed by atoms with E-state index < -0.39 is 0 Å². The number of hydrogen-bond donors (Lipinski definition) is 1. The molecule has 1 aliphatic carbocycles. The minimum Gasteiger partial charge on any atom is -0.382 e. The molecule has 100 valence electrons. The standard InChI is InChI=1S/C16H24IN/c1-16(2,3)14-6-4-5-7-15(14)18-13-10-8-12(17)9-11-13/h8-11,14-15,18H,4-7H2,1-3H3. The third-order valence-electron chi connectivity index (χ3n) is 4.07. The molecule has 2 atom stereocenters. The molecule has 0 heterocycles. The predicted octanol–water partition coefficient (Wildman–Crippen LogP) is 5.31. The molecule has 1 saturated carbocycles. The topological polar surface area (TPSA) is 12.0 Å². The summed E-state index contributed by atoms with van der Waals surface area (Å²) in [5, 5.41) is 3.76. The minimum absolute atomic E-state index is 0.404. The van der Waals surface area contributed by atoms with E-state index in [1.807, 2.05) is 0 Å². The maximum Gasteiger partial charge on any atom is 0.0343 e. The van der Waals surface area contributed by atoms with Crippen LogP contribution < -0.4 is 5.32 Å². The number of benzene rings is 1. The van der Waals surface area contributed by atoms with Crippen molar-refractivity contribution in [3.05, 3.63) is 27.8 Å². The van der Waals surface area contributed by atoms with E-state index in [0.717, 1.165) is 5.92 Å². The van der Waals surface area contributed by atoms with Crippen LogP contribution in [-0.2, 0) is 0 Å². The summed E-state index contributed by atoms with van der Waals surface area (Å²) in [5.41, 5.74) is 1.68. The first-order chi connectivity index (χ1) is 8.47. The average molecular weight is 357 g/mol. The van der Waals surface area contributed by atoms with Gasteiger partial charge in [-0.1, -0.05) is 33.6 Å². The second-order valence-corrected chi connectivity index (χ2v) is 7.76. The molecule has 1 fully saturated rings. The highest BCUT2D eigenvalue weighted by molar-refractivity contribution is 14.1. The average Bonchev–Trinajstić information content (AvgIpc) is 2.31. The maximum absolute atomic E-state index is 3.76. The molecule has 2 rings (SSSR count). The van der Waals surface area contributed by atoms with Crippen LogP contribution in [0.3, 0.4) is 0 Å². The van der Waals surface area contributed by atoms with Crippen LogP contribution in [0.2, 0.25) is 0 Å². The molecular weight excluding hydrogens is 333 g/mol. The summed E-state index contributed by atoms with van der Waals surface area (Å²) in [4.78, 5) is 0. The molecule has 1 N–H and O–H groups in total. The Morgan fingerprint density at radius 2 is 1.67 bits per heavy atom. The van der Waals surface area contributed by atoms with E-state index in [1.165, 1.54) is 34.9 Å². The van der Waals surface area contributed by atoms with Gasteiger partial charge in [0.1, 0.15) is 0 Å². The fourth-order valence-corrected chi connectivity index (χ4v) is 3.46. The molecule has 18 heavy (non-hydrogen) atoms. The Morgan fingerprint density at radius 1 is 1.06 bits per heavy atom. The summed E-state index contributed by atoms with van der Waals surface area (Å²) in [5.74, 6) is 0.783. The Labute approximate surface area is 125 Å². The molecular formula is C16H24IN. The van der Waals surface area contributed by atoms with Gasteiger partial charge in [0, 0.05) is 15.3 Å². The number of rotatable bonds is 2. The highest BCUT2D eigenvalue weighted by Gasteiger charge is 2.33. The summed E-state index contributed by atoms with van der Waals surface area (Å²) < 4.78 is 1.30. The first-order valence-electron chi connectivity index (χ1n) is 6.99. The zero-order chi connectivity index (χ0) is 13.2. The van der Waals surface area contributed by atoms with Crippen molar-refractivity contribution < 1.29 is 0 Å². The van der Waals surface area contributed by atoms with Crippen LogP contribution in [0.25, 0.3) is 0 Å². The van der Waals surface area contributed by atoms with E-state index in [4.69, 9.17) is 0 Å². The van der Waals surface area contributed by atoms with Gasteiger partial charge in [-0.2, -0.15) is 0 Å². The Kier molecular flexibility index (Phi) is 4.57. The second kappa shape index (κ2) is 5.81. The zero-order valence-corrected chi connectivity index (χ0v) is 13.8. The highest BCUT2D eigenvalue weighted by Crippen LogP contribution is 2.39. The predicted molar refractivity (Wildman–Crippen MR) is 88.0 cm³/mol. The molecule has 2 heteroatoms. The van der Waals surface area contributed by atoms with Crippen molar-refractivity contribution >= 4 is 28.3 Å². The van der Waals surface area contributed by atoms with Crippen LogP contribution in [0.4, 0.5) is 5.69 Å². The van der Waals surface area contributed by atoms with Crippen molar-refractivity contribution in [2.45, 2.75) is 52.5 Å². The van der Waals surface area contributed by atoms with Gasteiger partial charge in [-0.3, -0.25) is 0 Å². The number of anilines is 1. The van der Waals surface area contributed by atoms with Gasteiger partial charge in [-0.05, 0) is 71.0 Å². The lowest BCUT2D eigenvalue weighted by molar-refractivity contribution is 0.163. The number of hydrogen-bond acceptors (Lipinski definition) is 1. The monoisotopic (exact) mass is 357 g/mol. The van der Waals surface area contributed by atoms with Crippen molar-refractivity contribution in [3.63, 3.8) is 0 Å². The molecule has 1 nitrogen and oxygen atoms in total. The minimum atomic E-state index is 0.404. The molecule has 2 unspecified atom stereocenters. The first-order valence-corrected chi connectivity index (χ1v) is 8.07. The van der Waals surface area contributed by atoms with Crippen LogP contribution in [-0.4, -0.2) is 6.04 Å². The van der Waals surface area contributed by atoms with E-state index in [9.17, 15) is 0 Å². The van der Waals surface area contributed by atoms with E-state index in [0.29, 0.717) is 11.5 Å². The lowest BCUT2D eigenvalue weighted by Crippen LogP contribution is -2.39. The van der Waals surface area contributed by atoms with E-state index >= 15 is 0 Å². The van der Waals surface area contributed by atoms with Crippen LogP contribution in [0.5, 0.6) is 0 Å². The van der Waals surface area contributed by atoms with Gasteiger partial charge in [0.15, 0.2) is 0 Å². The Bertz CT molecular complexity index is 377. The molecule has 0 saturated heterocycles. The van der Waals surface area contributed by atoms with Gasteiger partial charge in [0.05, 0.1) is 0 Å². The van der Waals surface area contributed by atoms with Gasteiger partial charge < -0.3 is 5.32 Å². The zero-order valence-electron chi connectivity index (χ0n) is 11.7. The highest BCUT2D eigenvalue weighted by atomic mass is 127. The van der Waals surface area contributed by atoms with Crippen LogP contribution >= 0.6 is 22.6 Å². The molecule has 0 aromatic heterocycles. The number of nitrogens with one attached hydrogen (secondary N) is 1. The van der Waals surface area contributed by atoms with Crippen LogP contribution in [0.15, 0.2) is 24.3 Å². The second-order valence-electron chi connectivity index (χ2n) is 6.51. The van der Waals surface area contributed by atoms with Crippen molar-refractivity contribution in [2.75, 3.05) is 5.32 Å². The largest absolute Gasteiger partial charge is 0.382 e. The summed E-state index contributed by atoms with van der Waals surface area (Å²) in [6.45, 7) is 7.14.